The van der Waals surface area contributed by atoms with E-state index in [1.165, 1.54) is 21.3 Å². The number of aromatic nitrogens is 2. The van der Waals surface area contributed by atoms with Crippen LogP contribution in [0.15, 0.2) is 54.6 Å². The number of rotatable bonds is 16. The molecule has 0 bridgehead atoms. The molecular formula is C38H46Cl2N4O6. The maximum absolute atomic E-state index is 13.8. The molecule has 3 aromatic carbocycles. The van der Waals surface area contributed by atoms with E-state index < -0.39 is 0 Å². The molecule has 1 unspecified atom stereocenters. The number of nitrogens with zero attached hydrogens (tertiary/aromatic N) is 4. The lowest BCUT2D eigenvalue weighted by Gasteiger charge is -2.33. The summed E-state index contributed by atoms with van der Waals surface area (Å²) in [5.41, 5.74) is 3.20. The van der Waals surface area contributed by atoms with Crippen molar-refractivity contribution < 1.29 is 28.5 Å². The number of likely N-dealkylation sites (tertiary alicyclic amines) is 1. The van der Waals surface area contributed by atoms with E-state index in [1.807, 2.05) is 47.9 Å². The molecule has 1 aromatic heterocycles. The van der Waals surface area contributed by atoms with Gasteiger partial charge in [-0.05, 0) is 87.8 Å². The molecule has 10 nitrogen and oxygen atoms in total. The Morgan fingerprint density at radius 1 is 0.940 bits per heavy atom. The van der Waals surface area contributed by atoms with Crippen LogP contribution in [-0.4, -0.2) is 98.8 Å². The van der Waals surface area contributed by atoms with Crippen molar-refractivity contribution >= 4 is 45.9 Å². The summed E-state index contributed by atoms with van der Waals surface area (Å²) in [4.78, 5) is 36.4. The third-order valence-corrected chi connectivity index (χ3v) is 10.2. The number of halogens is 2. The van der Waals surface area contributed by atoms with Crippen LogP contribution < -0.4 is 14.2 Å². The van der Waals surface area contributed by atoms with Gasteiger partial charge in [-0.3, -0.25) is 9.59 Å². The van der Waals surface area contributed by atoms with Gasteiger partial charge in [0.2, 0.25) is 11.5 Å². The summed E-state index contributed by atoms with van der Waals surface area (Å²) in [5.74, 6) is 1.56. The lowest BCUT2D eigenvalue weighted by Crippen LogP contribution is -2.39. The van der Waals surface area contributed by atoms with Gasteiger partial charge in [-0.25, -0.2) is 4.98 Å². The van der Waals surface area contributed by atoms with Crippen molar-refractivity contribution in [3.8, 4) is 17.2 Å². The van der Waals surface area contributed by atoms with Gasteiger partial charge in [0.15, 0.2) is 17.3 Å². The first-order valence-corrected chi connectivity index (χ1v) is 17.7. The maximum Gasteiger partial charge on any atom is 0.253 e. The number of ether oxygens (including phenoxy) is 4. The Labute approximate surface area is 304 Å². The van der Waals surface area contributed by atoms with Crippen molar-refractivity contribution in [1.29, 1.82) is 0 Å². The van der Waals surface area contributed by atoms with Gasteiger partial charge >= 0.3 is 0 Å². The monoisotopic (exact) mass is 724 g/mol. The molecule has 1 aliphatic rings. The Bertz CT molecular complexity index is 1760. The fourth-order valence-corrected chi connectivity index (χ4v) is 7.00. The second kappa shape index (κ2) is 17.4. The Hall–Kier alpha value is -3.83. The minimum atomic E-state index is -0.180. The summed E-state index contributed by atoms with van der Waals surface area (Å²) in [6.07, 6.45) is 2.28. The van der Waals surface area contributed by atoms with E-state index in [0.29, 0.717) is 65.0 Å². The number of hydrogen-bond acceptors (Lipinski definition) is 8. The van der Waals surface area contributed by atoms with E-state index >= 15 is 0 Å². The first-order valence-electron chi connectivity index (χ1n) is 17.0. The maximum atomic E-state index is 13.8. The second-order valence-corrected chi connectivity index (χ2v) is 13.3. The van der Waals surface area contributed by atoms with E-state index in [4.69, 9.17) is 47.1 Å². The average molecular weight is 726 g/mol. The van der Waals surface area contributed by atoms with Crippen molar-refractivity contribution in [1.82, 2.24) is 19.4 Å². The molecule has 0 spiro atoms. The minimum absolute atomic E-state index is 0.0228. The van der Waals surface area contributed by atoms with Crippen LogP contribution in [0.5, 0.6) is 17.2 Å². The van der Waals surface area contributed by atoms with Crippen molar-refractivity contribution in [2.75, 3.05) is 67.8 Å². The first kappa shape index (κ1) is 37.4. The molecule has 0 saturated carbocycles. The molecule has 1 amide bonds. The lowest BCUT2D eigenvalue weighted by molar-refractivity contribution is 0.0778. The fraction of sp³-hybridized carbons (Fsp3) is 0.447. The number of amides is 1. The highest BCUT2D eigenvalue weighted by atomic mass is 35.5. The van der Waals surface area contributed by atoms with Crippen LogP contribution in [0.1, 0.15) is 58.6 Å². The molecule has 5 rings (SSSR count). The summed E-state index contributed by atoms with van der Waals surface area (Å²) in [6.45, 7) is 6.53. The van der Waals surface area contributed by atoms with Crippen LogP contribution in [-0.2, 0) is 11.3 Å². The van der Waals surface area contributed by atoms with Crippen LogP contribution in [0.2, 0.25) is 10.0 Å². The summed E-state index contributed by atoms with van der Waals surface area (Å²) in [5, 5.41) is 0.952. The van der Waals surface area contributed by atoms with Crippen molar-refractivity contribution in [2.45, 2.75) is 38.6 Å². The number of likely N-dealkylation sites (N-methyl/N-ethyl adjacent to an activating group) is 1. The van der Waals surface area contributed by atoms with Gasteiger partial charge in [0.05, 0.1) is 49.0 Å². The Morgan fingerprint density at radius 2 is 1.64 bits per heavy atom. The minimum Gasteiger partial charge on any atom is -0.493 e. The molecule has 0 radical (unpaired) electrons. The summed E-state index contributed by atoms with van der Waals surface area (Å²) in [6, 6.07) is 16.8. The summed E-state index contributed by atoms with van der Waals surface area (Å²) in [7, 11) is 6.36. The highest BCUT2D eigenvalue weighted by Gasteiger charge is 2.30. The number of piperidine rings is 1. The molecule has 4 aromatic rings. The number of methoxy groups -OCH3 is 3. The molecule has 1 saturated heterocycles. The third kappa shape index (κ3) is 8.54. The highest BCUT2D eigenvalue weighted by molar-refractivity contribution is 6.42. The van der Waals surface area contributed by atoms with Gasteiger partial charge in [0.1, 0.15) is 0 Å². The molecule has 50 heavy (non-hydrogen) atoms. The predicted molar refractivity (Wildman–Crippen MR) is 197 cm³/mol. The molecule has 1 fully saturated rings. The second-order valence-electron chi connectivity index (χ2n) is 12.5. The van der Waals surface area contributed by atoms with Crippen LogP contribution in [0.3, 0.4) is 0 Å². The van der Waals surface area contributed by atoms with E-state index in [0.717, 1.165) is 55.5 Å². The summed E-state index contributed by atoms with van der Waals surface area (Å²) < 4.78 is 24.0. The van der Waals surface area contributed by atoms with Crippen LogP contribution in [0, 0.1) is 5.92 Å². The third-order valence-electron chi connectivity index (χ3n) is 9.46. The quantitative estimate of drug-likeness (QED) is 0.0882. The molecule has 1 aliphatic heterocycles. The van der Waals surface area contributed by atoms with Crippen molar-refractivity contribution in [3.63, 3.8) is 0 Å². The molecule has 0 N–H and O–H groups in total. The van der Waals surface area contributed by atoms with Gasteiger partial charge in [-0.2, -0.15) is 0 Å². The van der Waals surface area contributed by atoms with E-state index in [2.05, 4.69) is 4.90 Å². The average Bonchev–Trinajstić information content (AvgIpc) is 3.51. The number of ketones is 1. The normalized spacial score (nSPS) is 14.5. The van der Waals surface area contributed by atoms with Crippen LogP contribution in [0.25, 0.3) is 11.0 Å². The number of para-hydroxylation sites is 2. The van der Waals surface area contributed by atoms with Crippen molar-refractivity contribution in [2.24, 2.45) is 5.92 Å². The smallest absolute Gasteiger partial charge is 0.253 e. The number of imidazole rings is 1. The Balaban J connectivity index is 1.26. The summed E-state index contributed by atoms with van der Waals surface area (Å²) >= 11 is 12.7. The highest BCUT2D eigenvalue weighted by Crippen LogP contribution is 2.39. The number of fused-ring (bicyclic) bond motifs is 1. The Kier molecular flexibility index (Phi) is 13.0. The number of carbonyl (C=O) groups is 2. The molecule has 2 heterocycles. The molecule has 1 atom stereocenters. The largest absolute Gasteiger partial charge is 0.493 e. The molecular weight excluding hydrogens is 679 g/mol. The SMILES string of the molecule is CCOCCn1c(C(=O)C2CCN(CCC(CN(C)C(=O)c3cc(OC)c(OC)c(OC)c3)c3ccc(Cl)c(Cl)c3)CC2)nc2ccccc21. The zero-order chi connectivity index (χ0) is 35.8. The fourth-order valence-electron chi connectivity index (χ4n) is 6.70. The van der Waals surface area contributed by atoms with Gasteiger partial charge in [-0.1, -0.05) is 41.4 Å². The van der Waals surface area contributed by atoms with Crippen LogP contribution >= 0.6 is 23.2 Å². The zero-order valence-electron chi connectivity index (χ0n) is 29.4. The lowest BCUT2D eigenvalue weighted by atomic mass is 9.90. The number of Topliss-reactive ketones (excluding diaryl/α,β-unsaturated/α-hetero) is 1. The van der Waals surface area contributed by atoms with E-state index in [-0.39, 0.29) is 23.5 Å². The zero-order valence-corrected chi connectivity index (χ0v) is 30.9. The van der Waals surface area contributed by atoms with Gasteiger partial charge < -0.3 is 33.3 Å². The number of hydrogen-bond donors (Lipinski definition) is 0. The predicted octanol–water partition coefficient (Wildman–Crippen LogP) is 7.25. The van der Waals surface area contributed by atoms with Gasteiger partial charge in [0, 0.05) is 44.1 Å². The van der Waals surface area contributed by atoms with Crippen LogP contribution in [0.4, 0.5) is 0 Å². The van der Waals surface area contributed by atoms with E-state index in [1.54, 1.807) is 30.1 Å². The number of benzene rings is 3. The number of carbonyl (C=O) groups excluding carboxylic acids is 2. The molecule has 268 valence electrons. The Morgan fingerprint density at radius 3 is 2.28 bits per heavy atom. The van der Waals surface area contributed by atoms with Crippen molar-refractivity contribution in [3.05, 3.63) is 81.6 Å². The molecule has 12 heteroatoms. The molecule has 0 aliphatic carbocycles. The van der Waals surface area contributed by atoms with Gasteiger partial charge in [0.25, 0.3) is 5.91 Å². The van der Waals surface area contributed by atoms with Gasteiger partial charge in [-0.15, -0.1) is 0 Å². The standard InChI is InChI=1S/C38H46Cl2N4O6/c1-6-50-20-19-44-32-10-8-7-9-31(32)41-37(44)35(45)25-13-16-43(17-14-25)18-15-27(26-11-12-29(39)30(40)21-26)24-42(2)38(46)28-22-33(47-3)36(49-5)34(23-28)48-4/h7-12,21-23,25,27H,6,13-20,24H2,1-5H3. The van der Waals surface area contributed by atoms with E-state index in [9.17, 15) is 9.59 Å². The first-order chi connectivity index (χ1) is 24.2. The topological polar surface area (TPSA) is 95.4 Å².